The van der Waals surface area contributed by atoms with Crippen molar-refractivity contribution in [1.82, 2.24) is 0 Å². The molecule has 1 aliphatic rings. The van der Waals surface area contributed by atoms with E-state index < -0.39 is 0 Å². The van der Waals surface area contributed by atoms with Crippen molar-refractivity contribution in [2.45, 2.75) is 84.5 Å². The summed E-state index contributed by atoms with van der Waals surface area (Å²) in [4.78, 5) is 3.24. The van der Waals surface area contributed by atoms with Gasteiger partial charge in [-0.15, -0.1) is 22.7 Å². The molecule has 2 heterocycles. The van der Waals surface area contributed by atoms with Gasteiger partial charge in [0, 0.05) is 19.2 Å². The van der Waals surface area contributed by atoms with Gasteiger partial charge in [-0.1, -0.05) is 52.9 Å². The fraction of sp³-hybridized carbons (Fsp3) is 0.714. The first-order chi connectivity index (χ1) is 11.2. The van der Waals surface area contributed by atoms with Crippen LogP contribution in [0, 0.1) is 11.8 Å². The minimum Gasteiger partial charge on any atom is -0.139 e. The predicted octanol–water partition coefficient (Wildman–Crippen LogP) is 8.02. The first kappa shape index (κ1) is 17.5. The van der Waals surface area contributed by atoms with Gasteiger partial charge in [-0.2, -0.15) is 0 Å². The Bertz CT molecular complexity index is 567. The third-order valence-electron chi connectivity index (χ3n) is 5.93. The second kappa shape index (κ2) is 8.16. The number of thiophene rings is 2. The van der Waals surface area contributed by atoms with Crippen LogP contribution in [-0.2, 0) is 6.42 Å². The molecule has 0 aromatic carbocycles. The number of fused-ring (bicyclic) bond motifs is 1. The van der Waals surface area contributed by atoms with E-state index in [-0.39, 0.29) is 0 Å². The van der Waals surface area contributed by atoms with Crippen molar-refractivity contribution < 1.29 is 0 Å². The predicted molar refractivity (Wildman–Crippen MR) is 107 cm³/mol. The summed E-state index contributed by atoms with van der Waals surface area (Å²) in [6.45, 7) is 7.13. The summed E-state index contributed by atoms with van der Waals surface area (Å²) in [5.74, 6) is 2.70. The molecule has 0 aliphatic heterocycles. The Balaban J connectivity index is 1.62. The lowest BCUT2D eigenvalue weighted by atomic mass is 9.75. The third kappa shape index (κ3) is 4.20. The van der Waals surface area contributed by atoms with Crippen LogP contribution >= 0.6 is 22.7 Å². The maximum Gasteiger partial charge on any atom is 0.0456 e. The van der Waals surface area contributed by atoms with Gasteiger partial charge in [0.15, 0.2) is 0 Å². The number of rotatable bonds is 7. The summed E-state index contributed by atoms with van der Waals surface area (Å²) in [5.41, 5.74) is 0. The first-order valence-corrected chi connectivity index (χ1v) is 11.4. The van der Waals surface area contributed by atoms with Crippen LogP contribution in [0.15, 0.2) is 12.1 Å². The lowest BCUT2D eigenvalue weighted by molar-refractivity contribution is 0.246. The fourth-order valence-corrected chi connectivity index (χ4v) is 6.75. The average Bonchev–Trinajstić information content (AvgIpc) is 3.13. The monoisotopic (exact) mass is 348 g/mol. The molecule has 1 saturated carbocycles. The molecule has 23 heavy (non-hydrogen) atoms. The molecule has 3 rings (SSSR count). The van der Waals surface area contributed by atoms with Crippen LogP contribution in [0.25, 0.3) is 9.40 Å². The van der Waals surface area contributed by atoms with E-state index in [0.717, 1.165) is 17.8 Å². The molecule has 1 fully saturated rings. The van der Waals surface area contributed by atoms with E-state index in [0.29, 0.717) is 0 Å². The lowest BCUT2D eigenvalue weighted by Crippen LogP contribution is -2.18. The summed E-state index contributed by atoms with van der Waals surface area (Å²) in [7, 11) is 0. The molecule has 0 nitrogen and oxygen atoms in total. The minimum atomic E-state index is 0.765. The SMILES string of the molecule is CCCCCc1cc2sc(C(C)C3CCC(CC)CC3)cc2s1. The molecule has 128 valence electrons. The van der Waals surface area contributed by atoms with Gasteiger partial charge in [-0.25, -0.2) is 0 Å². The molecule has 1 aliphatic carbocycles. The summed E-state index contributed by atoms with van der Waals surface area (Å²) in [6.07, 6.45) is 12.5. The van der Waals surface area contributed by atoms with Crippen LogP contribution in [0.5, 0.6) is 0 Å². The largest absolute Gasteiger partial charge is 0.139 e. The highest BCUT2D eigenvalue weighted by molar-refractivity contribution is 7.27. The maximum absolute atomic E-state index is 2.52. The number of hydrogen-bond donors (Lipinski definition) is 0. The highest BCUT2D eigenvalue weighted by Gasteiger charge is 2.26. The van der Waals surface area contributed by atoms with E-state index in [1.807, 2.05) is 11.3 Å². The van der Waals surface area contributed by atoms with Crippen molar-refractivity contribution >= 4 is 32.1 Å². The number of unbranched alkanes of at least 4 members (excludes halogenated alkanes) is 2. The summed E-state index contributed by atoms with van der Waals surface area (Å²) in [6, 6.07) is 5.00. The van der Waals surface area contributed by atoms with Gasteiger partial charge < -0.3 is 0 Å². The fourth-order valence-electron chi connectivity index (χ4n) is 4.13. The van der Waals surface area contributed by atoms with Crippen LogP contribution in [0.1, 0.15) is 87.8 Å². The minimum absolute atomic E-state index is 0.765. The lowest BCUT2D eigenvalue weighted by Gasteiger charge is -2.31. The molecule has 0 saturated heterocycles. The van der Waals surface area contributed by atoms with Gasteiger partial charge in [-0.05, 0) is 55.6 Å². The van der Waals surface area contributed by atoms with Crippen LogP contribution in [-0.4, -0.2) is 0 Å². The molecule has 1 atom stereocenters. The van der Waals surface area contributed by atoms with Crippen molar-refractivity contribution in [3.8, 4) is 0 Å². The molecule has 2 aromatic rings. The Morgan fingerprint density at radius 1 is 1.00 bits per heavy atom. The smallest absolute Gasteiger partial charge is 0.0456 e. The Labute approximate surface area is 150 Å². The summed E-state index contributed by atoms with van der Waals surface area (Å²) >= 11 is 4.12. The van der Waals surface area contributed by atoms with E-state index in [4.69, 9.17) is 0 Å². The van der Waals surface area contributed by atoms with Crippen LogP contribution in [0.3, 0.4) is 0 Å². The number of hydrogen-bond acceptors (Lipinski definition) is 2. The molecule has 1 unspecified atom stereocenters. The first-order valence-electron chi connectivity index (χ1n) is 9.73. The van der Waals surface area contributed by atoms with E-state index in [9.17, 15) is 0 Å². The van der Waals surface area contributed by atoms with Crippen LogP contribution in [0.2, 0.25) is 0 Å². The molecule has 2 aromatic heterocycles. The molecular weight excluding hydrogens is 316 g/mol. The highest BCUT2D eigenvalue weighted by Crippen LogP contribution is 2.43. The zero-order valence-electron chi connectivity index (χ0n) is 15.1. The molecule has 0 spiro atoms. The van der Waals surface area contributed by atoms with Crippen molar-refractivity contribution in [2.75, 3.05) is 0 Å². The van der Waals surface area contributed by atoms with Gasteiger partial charge in [0.2, 0.25) is 0 Å². The van der Waals surface area contributed by atoms with Gasteiger partial charge in [0.05, 0.1) is 0 Å². The maximum atomic E-state index is 2.52. The number of aryl methyl sites for hydroxylation is 1. The van der Waals surface area contributed by atoms with E-state index in [2.05, 4.69) is 44.2 Å². The highest BCUT2D eigenvalue weighted by atomic mass is 32.1. The normalized spacial score (nSPS) is 23.4. The molecule has 0 N–H and O–H groups in total. The van der Waals surface area contributed by atoms with Gasteiger partial charge in [0.25, 0.3) is 0 Å². The van der Waals surface area contributed by atoms with E-state index in [1.165, 1.54) is 57.8 Å². The molecule has 2 heteroatoms. The standard InChI is InChI=1S/C21H32S2/c1-4-6-7-8-18-13-20-21(22-18)14-19(23-20)15(3)17-11-9-16(5-2)10-12-17/h13-17H,4-12H2,1-3H3. The van der Waals surface area contributed by atoms with Gasteiger partial charge in [0.1, 0.15) is 0 Å². The Morgan fingerprint density at radius 3 is 2.39 bits per heavy atom. The van der Waals surface area contributed by atoms with Gasteiger partial charge in [-0.3, -0.25) is 0 Å². The second-order valence-electron chi connectivity index (χ2n) is 7.52. The molecule has 0 bridgehead atoms. The van der Waals surface area contributed by atoms with Crippen LogP contribution in [0.4, 0.5) is 0 Å². The molecule has 0 amide bonds. The second-order valence-corrected chi connectivity index (χ2v) is 9.81. The Morgan fingerprint density at radius 2 is 1.74 bits per heavy atom. The van der Waals surface area contributed by atoms with Crippen molar-refractivity contribution in [3.05, 3.63) is 21.9 Å². The van der Waals surface area contributed by atoms with E-state index >= 15 is 0 Å². The Kier molecular flexibility index (Phi) is 6.20. The average molecular weight is 349 g/mol. The third-order valence-corrected chi connectivity index (χ3v) is 8.48. The topological polar surface area (TPSA) is 0 Å². The van der Waals surface area contributed by atoms with Crippen LogP contribution < -0.4 is 0 Å². The van der Waals surface area contributed by atoms with Crippen molar-refractivity contribution in [3.63, 3.8) is 0 Å². The molecular formula is C21H32S2. The van der Waals surface area contributed by atoms with Crippen molar-refractivity contribution in [2.24, 2.45) is 11.8 Å². The van der Waals surface area contributed by atoms with Gasteiger partial charge >= 0.3 is 0 Å². The Hall–Kier alpha value is -0.340. The summed E-state index contributed by atoms with van der Waals surface area (Å²) in [5, 5.41) is 0. The van der Waals surface area contributed by atoms with E-state index in [1.54, 1.807) is 19.2 Å². The zero-order chi connectivity index (χ0) is 16.2. The molecule has 0 radical (unpaired) electrons. The summed E-state index contributed by atoms with van der Waals surface area (Å²) < 4.78 is 3.09. The van der Waals surface area contributed by atoms with Crippen molar-refractivity contribution in [1.29, 1.82) is 0 Å². The quantitative estimate of drug-likeness (QED) is 0.444. The zero-order valence-corrected chi connectivity index (χ0v) is 16.7.